The molecule has 0 bridgehead atoms. The van der Waals surface area contributed by atoms with Gasteiger partial charge in [-0.05, 0) is 49.6 Å². The van der Waals surface area contributed by atoms with Crippen molar-refractivity contribution < 1.29 is 9.59 Å². The fourth-order valence-corrected chi connectivity index (χ4v) is 2.46. The summed E-state index contributed by atoms with van der Waals surface area (Å²) < 4.78 is 0. The summed E-state index contributed by atoms with van der Waals surface area (Å²) in [6.07, 6.45) is 0. The molecule has 2 aromatic carbocycles. The van der Waals surface area contributed by atoms with E-state index in [0.717, 1.165) is 11.3 Å². The third kappa shape index (κ3) is 4.44. The van der Waals surface area contributed by atoms with E-state index in [0.29, 0.717) is 17.0 Å². The summed E-state index contributed by atoms with van der Waals surface area (Å²) >= 11 is 0. The van der Waals surface area contributed by atoms with E-state index >= 15 is 0 Å². The van der Waals surface area contributed by atoms with Gasteiger partial charge >= 0.3 is 0 Å². The van der Waals surface area contributed by atoms with Gasteiger partial charge < -0.3 is 10.6 Å². The Labute approximate surface area is 143 Å². The summed E-state index contributed by atoms with van der Waals surface area (Å²) in [7, 11) is 0. The summed E-state index contributed by atoms with van der Waals surface area (Å²) in [4.78, 5) is 24.6. The highest BCUT2D eigenvalue weighted by Crippen LogP contribution is 2.24. The standard InChI is InChI=1S/C20H24N2O2/c1-13(2)17-10-5-6-11-18(17)22-20(24)16-9-7-8-15(12-16)19(23)21-14(3)4/h5-14H,1-4H3,(H,21,23)(H,22,24). The van der Waals surface area contributed by atoms with Gasteiger partial charge in [0.1, 0.15) is 0 Å². The van der Waals surface area contributed by atoms with E-state index < -0.39 is 0 Å². The highest BCUT2D eigenvalue weighted by atomic mass is 16.2. The molecule has 0 aromatic heterocycles. The predicted octanol–water partition coefficient (Wildman–Crippen LogP) is 4.20. The largest absolute Gasteiger partial charge is 0.350 e. The number of amides is 2. The molecule has 0 spiro atoms. The average Bonchev–Trinajstić information content (AvgIpc) is 2.54. The molecule has 2 rings (SSSR count). The summed E-state index contributed by atoms with van der Waals surface area (Å²) in [5.74, 6) is -0.0887. The van der Waals surface area contributed by atoms with E-state index in [-0.39, 0.29) is 17.9 Å². The Morgan fingerprint density at radius 2 is 1.46 bits per heavy atom. The van der Waals surface area contributed by atoms with Crippen LogP contribution in [0.15, 0.2) is 48.5 Å². The highest BCUT2D eigenvalue weighted by Gasteiger charge is 2.13. The minimum atomic E-state index is -0.220. The summed E-state index contributed by atoms with van der Waals surface area (Å²) in [5.41, 5.74) is 2.83. The molecule has 0 aliphatic carbocycles. The number of hydrogen-bond donors (Lipinski definition) is 2. The van der Waals surface area contributed by atoms with Crippen LogP contribution in [0, 0.1) is 0 Å². The molecule has 4 nitrogen and oxygen atoms in total. The molecule has 0 radical (unpaired) electrons. The van der Waals surface area contributed by atoms with Crippen molar-refractivity contribution in [1.29, 1.82) is 0 Å². The second-order valence-electron chi connectivity index (χ2n) is 6.41. The maximum Gasteiger partial charge on any atom is 0.255 e. The average molecular weight is 324 g/mol. The molecule has 24 heavy (non-hydrogen) atoms. The van der Waals surface area contributed by atoms with Crippen LogP contribution < -0.4 is 10.6 Å². The third-order valence-corrected chi connectivity index (χ3v) is 3.64. The first-order valence-corrected chi connectivity index (χ1v) is 8.19. The molecule has 0 heterocycles. The number of hydrogen-bond acceptors (Lipinski definition) is 2. The Hall–Kier alpha value is -2.62. The number of rotatable bonds is 5. The molecule has 0 saturated heterocycles. The Morgan fingerprint density at radius 1 is 0.833 bits per heavy atom. The van der Waals surface area contributed by atoms with Crippen molar-refractivity contribution in [2.75, 3.05) is 5.32 Å². The quantitative estimate of drug-likeness (QED) is 0.866. The van der Waals surface area contributed by atoms with Crippen molar-refractivity contribution in [3.8, 4) is 0 Å². The minimum Gasteiger partial charge on any atom is -0.350 e. The van der Waals surface area contributed by atoms with Gasteiger partial charge in [-0.1, -0.05) is 38.1 Å². The maximum atomic E-state index is 12.5. The van der Waals surface area contributed by atoms with Crippen LogP contribution in [0.3, 0.4) is 0 Å². The van der Waals surface area contributed by atoms with Crippen molar-refractivity contribution in [1.82, 2.24) is 5.32 Å². The zero-order valence-electron chi connectivity index (χ0n) is 14.6. The van der Waals surface area contributed by atoms with Crippen molar-refractivity contribution >= 4 is 17.5 Å². The first-order valence-electron chi connectivity index (χ1n) is 8.19. The molecular formula is C20H24N2O2. The molecule has 0 aliphatic heterocycles. The Balaban J connectivity index is 2.21. The highest BCUT2D eigenvalue weighted by molar-refractivity contribution is 6.06. The molecule has 2 amide bonds. The monoisotopic (exact) mass is 324 g/mol. The van der Waals surface area contributed by atoms with Gasteiger partial charge in [0.25, 0.3) is 11.8 Å². The number of anilines is 1. The Bertz CT molecular complexity index is 736. The zero-order valence-corrected chi connectivity index (χ0v) is 14.6. The van der Waals surface area contributed by atoms with Crippen LogP contribution in [-0.2, 0) is 0 Å². The number of benzene rings is 2. The lowest BCUT2D eigenvalue weighted by atomic mass is 10.0. The van der Waals surface area contributed by atoms with E-state index in [1.165, 1.54) is 0 Å². The molecule has 0 atom stereocenters. The number of carbonyl (C=O) groups excluding carboxylic acids is 2. The molecule has 0 fully saturated rings. The normalized spacial score (nSPS) is 10.8. The third-order valence-electron chi connectivity index (χ3n) is 3.64. The van der Waals surface area contributed by atoms with E-state index in [4.69, 9.17) is 0 Å². The van der Waals surface area contributed by atoms with Crippen LogP contribution in [0.5, 0.6) is 0 Å². The summed E-state index contributed by atoms with van der Waals surface area (Å²) in [5, 5.41) is 5.77. The topological polar surface area (TPSA) is 58.2 Å². The van der Waals surface area contributed by atoms with Crippen LogP contribution in [0.25, 0.3) is 0 Å². The molecule has 0 saturated carbocycles. The van der Waals surface area contributed by atoms with Gasteiger partial charge in [-0.2, -0.15) is 0 Å². The number of para-hydroxylation sites is 1. The van der Waals surface area contributed by atoms with E-state index in [1.54, 1.807) is 24.3 Å². The second kappa shape index (κ2) is 7.77. The second-order valence-corrected chi connectivity index (χ2v) is 6.41. The molecule has 0 aliphatic rings. The summed E-state index contributed by atoms with van der Waals surface area (Å²) in [6.45, 7) is 7.97. The van der Waals surface area contributed by atoms with Crippen LogP contribution in [0.1, 0.15) is 59.9 Å². The van der Waals surface area contributed by atoms with Crippen molar-refractivity contribution in [2.24, 2.45) is 0 Å². The van der Waals surface area contributed by atoms with Gasteiger partial charge in [0.05, 0.1) is 0 Å². The van der Waals surface area contributed by atoms with Gasteiger partial charge in [0.2, 0.25) is 0 Å². The predicted molar refractivity (Wildman–Crippen MR) is 97.5 cm³/mol. The van der Waals surface area contributed by atoms with Gasteiger partial charge in [-0.25, -0.2) is 0 Å². The first kappa shape index (κ1) is 17.7. The van der Waals surface area contributed by atoms with Gasteiger partial charge in [0.15, 0.2) is 0 Å². The minimum absolute atomic E-state index is 0.0490. The Kier molecular flexibility index (Phi) is 5.74. The van der Waals surface area contributed by atoms with Crippen molar-refractivity contribution in [3.05, 3.63) is 65.2 Å². The van der Waals surface area contributed by atoms with Crippen LogP contribution in [0.4, 0.5) is 5.69 Å². The van der Waals surface area contributed by atoms with Gasteiger partial charge in [-0.3, -0.25) is 9.59 Å². The molecule has 2 N–H and O–H groups in total. The first-order chi connectivity index (χ1) is 11.4. The molecule has 2 aromatic rings. The van der Waals surface area contributed by atoms with Crippen LogP contribution in [-0.4, -0.2) is 17.9 Å². The lowest BCUT2D eigenvalue weighted by Crippen LogP contribution is -2.30. The Morgan fingerprint density at radius 3 is 2.08 bits per heavy atom. The van der Waals surface area contributed by atoms with Gasteiger partial charge in [0, 0.05) is 22.9 Å². The fraction of sp³-hybridized carbons (Fsp3) is 0.300. The van der Waals surface area contributed by atoms with E-state index in [9.17, 15) is 9.59 Å². The number of carbonyl (C=O) groups is 2. The van der Waals surface area contributed by atoms with Crippen LogP contribution >= 0.6 is 0 Å². The van der Waals surface area contributed by atoms with E-state index in [1.807, 2.05) is 38.1 Å². The smallest absolute Gasteiger partial charge is 0.255 e. The van der Waals surface area contributed by atoms with Gasteiger partial charge in [-0.15, -0.1) is 0 Å². The molecule has 0 unspecified atom stereocenters. The van der Waals surface area contributed by atoms with Crippen LogP contribution in [0.2, 0.25) is 0 Å². The summed E-state index contributed by atoms with van der Waals surface area (Å²) in [6, 6.07) is 14.6. The van der Waals surface area contributed by atoms with E-state index in [2.05, 4.69) is 24.5 Å². The molecule has 4 heteroatoms. The SMILES string of the molecule is CC(C)NC(=O)c1cccc(C(=O)Nc2ccccc2C(C)C)c1. The number of nitrogens with one attached hydrogen (secondary N) is 2. The molecular weight excluding hydrogens is 300 g/mol. The fourth-order valence-electron chi connectivity index (χ4n) is 2.46. The van der Waals surface area contributed by atoms with Crippen molar-refractivity contribution in [2.45, 2.75) is 39.7 Å². The molecule has 126 valence electrons. The zero-order chi connectivity index (χ0) is 17.7. The lowest BCUT2D eigenvalue weighted by molar-refractivity contribution is 0.0943. The maximum absolute atomic E-state index is 12.5. The van der Waals surface area contributed by atoms with Crippen molar-refractivity contribution in [3.63, 3.8) is 0 Å². The lowest BCUT2D eigenvalue weighted by Gasteiger charge is -2.14.